The summed E-state index contributed by atoms with van der Waals surface area (Å²) in [7, 11) is 0. The maximum Gasteiger partial charge on any atom is 0.191 e. The number of aromatic nitrogens is 1. The fourth-order valence-electron chi connectivity index (χ4n) is 3.10. The normalized spacial score (nSPS) is 15.2. The van der Waals surface area contributed by atoms with Crippen LogP contribution < -0.4 is 10.6 Å². The van der Waals surface area contributed by atoms with E-state index in [0.29, 0.717) is 0 Å². The number of nitrogens with one attached hydrogen (secondary N) is 3. The summed E-state index contributed by atoms with van der Waals surface area (Å²) in [4.78, 5) is 8.04. The second kappa shape index (κ2) is 9.28. The number of rotatable bonds is 7. The molecule has 1 aromatic carbocycles. The van der Waals surface area contributed by atoms with E-state index in [1.54, 1.807) is 0 Å². The van der Waals surface area contributed by atoms with E-state index in [9.17, 15) is 0 Å². The monoisotopic (exact) mass is 340 g/mol. The Balaban J connectivity index is 1.50. The number of H-pyrrole nitrogens is 1. The fourth-order valence-corrected chi connectivity index (χ4v) is 3.10. The summed E-state index contributed by atoms with van der Waals surface area (Å²) in [6.45, 7) is 6.25. The molecule has 0 saturated carbocycles. The lowest BCUT2D eigenvalue weighted by molar-refractivity contribution is 0.153. The van der Waals surface area contributed by atoms with Gasteiger partial charge in [-0.05, 0) is 37.8 Å². The van der Waals surface area contributed by atoms with Crippen LogP contribution in [-0.4, -0.2) is 43.8 Å². The minimum atomic E-state index is 0.758. The maximum atomic E-state index is 5.35. The first-order valence-corrected chi connectivity index (χ1v) is 9.19. The second-order valence-electron chi connectivity index (χ2n) is 6.23. The van der Waals surface area contributed by atoms with E-state index < -0.39 is 0 Å². The molecule has 5 heteroatoms. The SMILES string of the molecule is CCNC(=NCCc1c[nH]c2ccccc12)NCCC1=CCOCC1. The average Bonchev–Trinajstić information content (AvgIpc) is 3.06. The van der Waals surface area contributed by atoms with Crippen LogP contribution in [0.2, 0.25) is 0 Å². The van der Waals surface area contributed by atoms with Gasteiger partial charge in [0.25, 0.3) is 0 Å². The van der Waals surface area contributed by atoms with Crippen molar-refractivity contribution in [2.45, 2.75) is 26.2 Å². The van der Waals surface area contributed by atoms with Crippen molar-refractivity contribution < 1.29 is 4.74 Å². The summed E-state index contributed by atoms with van der Waals surface area (Å²) in [5.41, 5.74) is 3.99. The van der Waals surface area contributed by atoms with Gasteiger partial charge in [-0.15, -0.1) is 0 Å². The molecule has 1 aliphatic rings. The van der Waals surface area contributed by atoms with Gasteiger partial charge in [-0.1, -0.05) is 29.8 Å². The Morgan fingerprint density at radius 1 is 1.24 bits per heavy atom. The summed E-state index contributed by atoms with van der Waals surface area (Å²) < 4.78 is 5.35. The summed E-state index contributed by atoms with van der Waals surface area (Å²) in [5, 5.41) is 8.05. The Morgan fingerprint density at radius 3 is 3.00 bits per heavy atom. The highest BCUT2D eigenvalue weighted by Gasteiger charge is 2.05. The zero-order valence-electron chi connectivity index (χ0n) is 15.0. The van der Waals surface area contributed by atoms with Gasteiger partial charge >= 0.3 is 0 Å². The summed E-state index contributed by atoms with van der Waals surface area (Å²) in [5.74, 6) is 0.898. The second-order valence-corrected chi connectivity index (χ2v) is 6.23. The van der Waals surface area contributed by atoms with Crippen LogP contribution in [0.4, 0.5) is 0 Å². The number of fused-ring (bicyclic) bond motifs is 1. The molecule has 0 spiro atoms. The topological polar surface area (TPSA) is 61.4 Å². The van der Waals surface area contributed by atoms with Crippen LogP contribution in [0.25, 0.3) is 10.9 Å². The number of hydrogen-bond acceptors (Lipinski definition) is 2. The van der Waals surface area contributed by atoms with E-state index in [0.717, 1.165) is 58.1 Å². The standard InChI is InChI=1S/C20H28N4O/c1-2-21-20(22-11-7-16-9-13-25-14-10-16)23-12-8-17-15-24-19-6-4-3-5-18(17)19/h3-6,9,15,24H,2,7-8,10-14H2,1H3,(H2,21,22,23). The summed E-state index contributed by atoms with van der Waals surface area (Å²) in [6.07, 6.45) is 7.33. The first-order chi connectivity index (χ1) is 12.4. The van der Waals surface area contributed by atoms with Crippen LogP contribution in [0.3, 0.4) is 0 Å². The molecule has 3 N–H and O–H groups in total. The highest BCUT2D eigenvalue weighted by molar-refractivity contribution is 5.83. The van der Waals surface area contributed by atoms with Gasteiger partial charge < -0.3 is 20.4 Å². The third-order valence-electron chi connectivity index (χ3n) is 4.47. The van der Waals surface area contributed by atoms with E-state index >= 15 is 0 Å². The highest BCUT2D eigenvalue weighted by atomic mass is 16.5. The van der Waals surface area contributed by atoms with Crippen LogP contribution in [0.15, 0.2) is 47.1 Å². The Morgan fingerprint density at radius 2 is 2.16 bits per heavy atom. The van der Waals surface area contributed by atoms with Crippen molar-refractivity contribution >= 4 is 16.9 Å². The van der Waals surface area contributed by atoms with Crippen molar-refractivity contribution in [3.05, 3.63) is 47.7 Å². The van der Waals surface area contributed by atoms with Crippen LogP contribution in [0.5, 0.6) is 0 Å². The number of para-hydroxylation sites is 1. The average molecular weight is 340 g/mol. The summed E-state index contributed by atoms with van der Waals surface area (Å²) in [6, 6.07) is 8.41. The third kappa shape index (κ3) is 5.10. The molecule has 134 valence electrons. The van der Waals surface area contributed by atoms with Crippen molar-refractivity contribution in [2.24, 2.45) is 4.99 Å². The lowest BCUT2D eigenvalue weighted by atomic mass is 10.1. The number of hydrogen-bond donors (Lipinski definition) is 3. The molecule has 0 fully saturated rings. The van der Waals surface area contributed by atoms with Gasteiger partial charge in [-0.25, -0.2) is 0 Å². The van der Waals surface area contributed by atoms with Gasteiger partial charge in [0, 0.05) is 36.7 Å². The Hall–Kier alpha value is -2.27. The molecule has 0 radical (unpaired) electrons. The minimum Gasteiger partial charge on any atom is -0.377 e. The molecule has 5 nitrogen and oxygen atoms in total. The number of aromatic amines is 1. The zero-order chi connectivity index (χ0) is 17.3. The molecule has 2 heterocycles. The number of guanidine groups is 1. The Bertz CT molecular complexity index is 732. The van der Waals surface area contributed by atoms with Crippen LogP contribution in [-0.2, 0) is 11.2 Å². The van der Waals surface area contributed by atoms with E-state index in [2.05, 4.69) is 59.1 Å². The predicted molar refractivity (Wildman–Crippen MR) is 104 cm³/mol. The van der Waals surface area contributed by atoms with Crippen LogP contribution in [0.1, 0.15) is 25.3 Å². The van der Waals surface area contributed by atoms with E-state index in [4.69, 9.17) is 9.73 Å². The van der Waals surface area contributed by atoms with Crippen LogP contribution >= 0.6 is 0 Å². The van der Waals surface area contributed by atoms with Crippen LogP contribution in [0, 0.1) is 0 Å². The molecule has 0 bridgehead atoms. The van der Waals surface area contributed by atoms with Crippen molar-refractivity contribution in [3.8, 4) is 0 Å². The lowest BCUT2D eigenvalue weighted by Crippen LogP contribution is -2.38. The molecule has 1 aromatic heterocycles. The van der Waals surface area contributed by atoms with Gasteiger partial charge in [-0.2, -0.15) is 0 Å². The molecule has 0 saturated heterocycles. The first-order valence-electron chi connectivity index (χ1n) is 9.19. The Labute approximate surface area is 149 Å². The van der Waals surface area contributed by atoms with Crippen molar-refractivity contribution in [1.82, 2.24) is 15.6 Å². The predicted octanol–water partition coefficient (Wildman–Crippen LogP) is 3.00. The van der Waals surface area contributed by atoms with Gasteiger partial charge in [0.05, 0.1) is 13.2 Å². The smallest absolute Gasteiger partial charge is 0.191 e. The molecule has 0 amide bonds. The van der Waals surface area contributed by atoms with E-state index in [1.807, 2.05) is 0 Å². The highest BCUT2D eigenvalue weighted by Crippen LogP contribution is 2.18. The molecular weight excluding hydrogens is 312 g/mol. The molecule has 0 unspecified atom stereocenters. The molecule has 1 aliphatic heterocycles. The number of aliphatic imine (C=N–C) groups is 1. The van der Waals surface area contributed by atoms with E-state index in [1.165, 1.54) is 22.0 Å². The van der Waals surface area contributed by atoms with Crippen molar-refractivity contribution in [3.63, 3.8) is 0 Å². The molecule has 2 aromatic rings. The molecule has 0 aliphatic carbocycles. The quantitative estimate of drug-likeness (QED) is 0.412. The first kappa shape index (κ1) is 17.5. The number of benzene rings is 1. The number of nitrogens with zero attached hydrogens (tertiary/aromatic N) is 1. The van der Waals surface area contributed by atoms with Crippen molar-refractivity contribution in [1.29, 1.82) is 0 Å². The van der Waals surface area contributed by atoms with E-state index in [-0.39, 0.29) is 0 Å². The van der Waals surface area contributed by atoms with Crippen molar-refractivity contribution in [2.75, 3.05) is 32.8 Å². The molecule has 0 atom stereocenters. The minimum absolute atomic E-state index is 0.758. The van der Waals surface area contributed by atoms with Gasteiger partial charge in [0.1, 0.15) is 0 Å². The molecule has 3 rings (SSSR count). The van der Waals surface area contributed by atoms with Gasteiger partial charge in [0.2, 0.25) is 0 Å². The molecular formula is C20H28N4O. The van der Waals surface area contributed by atoms with Gasteiger partial charge in [-0.3, -0.25) is 4.99 Å². The Kier molecular flexibility index (Phi) is 6.51. The van der Waals surface area contributed by atoms with Gasteiger partial charge in [0.15, 0.2) is 5.96 Å². The summed E-state index contributed by atoms with van der Waals surface area (Å²) >= 11 is 0. The maximum absolute atomic E-state index is 5.35. The number of ether oxygens (including phenoxy) is 1. The fraction of sp³-hybridized carbons (Fsp3) is 0.450. The molecule has 25 heavy (non-hydrogen) atoms. The zero-order valence-corrected chi connectivity index (χ0v) is 15.0. The third-order valence-corrected chi connectivity index (χ3v) is 4.47. The largest absolute Gasteiger partial charge is 0.377 e. The lowest BCUT2D eigenvalue weighted by Gasteiger charge is -2.15.